The molecule has 0 aliphatic heterocycles. The number of aromatic hydroxyl groups is 1. The number of Topliss-reactive ketones (excluding diaryl/α,β-unsaturated/α-hetero) is 2. The maximum atomic E-state index is 11.7. The zero-order valence-corrected chi connectivity index (χ0v) is 13.4. The van der Waals surface area contributed by atoms with E-state index in [9.17, 15) is 14.7 Å². The molecule has 3 atom stereocenters. The van der Waals surface area contributed by atoms with Crippen LogP contribution < -0.4 is 0 Å². The Hall–Kier alpha value is -1.64. The van der Waals surface area contributed by atoms with Crippen molar-refractivity contribution in [2.24, 2.45) is 11.8 Å². The third-order valence-electron chi connectivity index (χ3n) is 4.41. The van der Waals surface area contributed by atoms with Crippen LogP contribution in [0, 0.1) is 11.8 Å². The van der Waals surface area contributed by atoms with Gasteiger partial charge in [0.15, 0.2) is 0 Å². The molecule has 1 N–H and O–H groups in total. The highest BCUT2D eigenvalue weighted by Gasteiger charge is 2.23. The summed E-state index contributed by atoms with van der Waals surface area (Å²) in [6.45, 7) is 7.15. The number of carbonyl (C=O) groups excluding carboxylic acids is 2. The molecule has 0 amide bonds. The average molecular weight is 290 g/mol. The minimum Gasteiger partial charge on any atom is -0.508 e. The van der Waals surface area contributed by atoms with Gasteiger partial charge in [-0.05, 0) is 50.3 Å². The molecule has 0 radical (unpaired) electrons. The topological polar surface area (TPSA) is 54.4 Å². The molecule has 0 aliphatic rings. The predicted molar refractivity (Wildman–Crippen MR) is 84.4 cm³/mol. The number of phenolic OH excluding ortho intramolecular Hbond substituents is 1. The van der Waals surface area contributed by atoms with E-state index in [4.69, 9.17) is 0 Å². The average Bonchev–Trinajstić information content (AvgIpc) is 2.43. The van der Waals surface area contributed by atoms with Gasteiger partial charge in [0.2, 0.25) is 0 Å². The van der Waals surface area contributed by atoms with Crippen molar-refractivity contribution >= 4 is 11.6 Å². The first-order valence-corrected chi connectivity index (χ1v) is 7.62. The molecule has 3 nitrogen and oxygen atoms in total. The van der Waals surface area contributed by atoms with E-state index in [1.807, 2.05) is 26.0 Å². The van der Waals surface area contributed by atoms with Gasteiger partial charge >= 0.3 is 0 Å². The van der Waals surface area contributed by atoms with E-state index in [1.54, 1.807) is 26.0 Å². The van der Waals surface area contributed by atoms with Crippen molar-refractivity contribution in [1.82, 2.24) is 0 Å². The molecule has 1 aromatic rings. The van der Waals surface area contributed by atoms with Gasteiger partial charge in [-0.15, -0.1) is 0 Å². The molecule has 0 fully saturated rings. The number of benzene rings is 1. The second kappa shape index (κ2) is 7.96. The summed E-state index contributed by atoms with van der Waals surface area (Å²) in [6.07, 6.45) is 2.65. The molecule has 0 saturated heterocycles. The van der Waals surface area contributed by atoms with E-state index >= 15 is 0 Å². The Morgan fingerprint density at radius 1 is 1.00 bits per heavy atom. The fourth-order valence-electron chi connectivity index (χ4n) is 2.56. The number of phenols is 1. The van der Waals surface area contributed by atoms with Crippen LogP contribution in [0.4, 0.5) is 0 Å². The molecule has 1 aromatic carbocycles. The molecule has 1 rings (SSSR count). The van der Waals surface area contributed by atoms with Crippen molar-refractivity contribution in [2.75, 3.05) is 0 Å². The van der Waals surface area contributed by atoms with Gasteiger partial charge in [-0.1, -0.05) is 32.4 Å². The first kappa shape index (κ1) is 17.4. The highest BCUT2D eigenvalue weighted by Crippen LogP contribution is 2.32. The Labute approximate surface area is 127 Å². The van der Waals surface area contributed by atoms with Crippen LogP contribution in [0.25, 0.3) is 0 Å². The Bertz CT molecular complexity index is 476. The molecule has 0 heterocycles. The van der Waals surface area contributed by atoms with Crippen molar-refractivity contribution in [3.8, 4) is 5.75 Å². The van der Waals surface area contributed by atoms with Crippen molar-refractivity contribution in [1.29, 1.82) is 0 Å². The third-order valence-corrected chi connectivity index (χ3v) is 4.41. The number of hydrogen-bond acceptors (Lipinski definition) is 3. The normalized spacial score (nSPS) is 15.2. The summed E-state index contributed by atoms with van der Waals surface area (Å²) in [6, 6.07) is 7.09. The van der Waals surface area contributed by atoms with Gasteiger partial charge in [-0.25, -0.2) is 0 Å². The van der Waals surface area contributed by atoms with E-state index in [1.165, 1.54) is 0 Å². The molecule has 1 unspecified atom stereocenters. The van der Waals surface area contributed by atoms with Gasteiger partial charge in [0.25, 0.3) is 0 Å². The Morgan fingerprint density at radius 3 is 2.05 bits per heavy atom. The van der Waals surface area contributed by atoms with E-state index in [0.717, 1.165) is 24.8 Å². The van der Waals surface area contributed by atoms with Gasteiger partial charge in [0.1, 0.15) is 17.3 Å². The van der Waals surface area contributed by atoms with Crippen LogP contribution >= 0.6 is 0 Å². The minimum atomic E-state index is -0.0535. The molecule has 3 heteroatoms. The summed E-state index contributed by atoms with van der Waals surface area (Å²) in [4.78, 5) is 23.0. The van der Waals surface area contributed by atoms with E-state index < -0.39 is 0 Å². The second-order valence-corrected chi connectivity index (χ2v) is 6.04. The molecular weight excluding hydrogens is 264 g/mol. The SMILES string of the molecule is CC(=O)[C@@H](C)C(CCC[C@H](C)C(C)=O)c1ccc(O)cc1. The third kappa shape index (κ3) is 5.33. The Kier molecular flexibility index (Phi) is 6.60. The van der Waals surface area contributed by atoms with Crippen molar-refractivity contribution < 1.29 is 14.7 Å². The van der Waals surface area contributed by atoms with Crippen LogP contribution in [0.1, 0.15) is 58.4 Å². The summed E-state index contributed by atoms with van der Waals surface area (Å²) < 4.78 is 0. The molecule has 0 aliphatic carbocycles. The van der Waals surface area contributed by atoms with Gasteiger partial charge < -0.3 is 5.11 Å². The van der Waals surface area contributed by atoms with Crippen molar-refractivity contribution in [3.05, 3.63) is 29.8 Å². The number of rotatable bonds is 8. The van der Waals surface area contributed by atoms with Gasteiger partial charge in [0.05, 0.1) is 0 Å². The number of ketones is 2. The predicted octanol–water partition coefficient (Wildman–Crippen LogP) is 4.10. The largest absolute Gasteiger partial charge is 0.508 e. The summed E-state index contributed by atoms with van der Waals surface area (Å²) in [5, 5.41) is 9.39. The molecule has 0 aromatic heterocycles. The molecule has 116 valence electrons. The van der Waals surface area contributed by atoms with Gasteiger partial charge in [0, 0.05) is 11.8 Å². The maximum Gasteiger partial charge on any atom is 0.133 e. The first-order chi connectivity index (χ1) is 9.82. The maximum absolute atomic E-state index is 11.7. The van der Waals surface area contributed by atoms with Crippen molar-refractivity contribution in [2.45, 2.75) is 52.9 Å². The van der Waals surface area contributed by atoms with Gasteiger partial charge in [-0.2, -0.15) is 0 Å². The zero-order chi connectivity index (χ0) is 16.0. The summed E-state index contributed by atoms with van der Waals surface area (Å²) in [7, 11) is 0. The molecular formula is C18H26O3. The van der Waals surface area contributed by atoms with Crippen LogP contribution in [0.2, 0.25) is 0 Å². The van der Waals surface area contributed by atoms with Gasteiger partial charge in [-0.3, -0.25) is 9.59 Å². The smallest absolute Gasteiger partial charge is 0.133 e. The molecule has 0 spiro atoms. The summed E-state index contributed by atoms with van der Waals surface area (Å²) in [5.41, 5.74) is 1.07. The minimum absolute atomic E-state index is 0.0535. The Balaban J connectivity index is 2.76. The lowest BCUT2D eigenvalue weighted by molar-refractivity contribution is -0.121. The monoisotopic (exact) mass is 290 g/mol. The van der Waals surface area contributed by atoms with Crippen LogP contribution in [0.3, 0.4) is 0 Å². The van der Waals surface area contributed by atoms with Crippen molar-refractivity contribution in [3.63, 3.8) is 0 Å². The highest BCUT2D eigenvalue weighted by molar-refractivity contribution is 5.79. The zero-order valence-electron chi connectivity index (χ0n) is 13.4. The molecule has 0 saturated carbocycles. The van der Waals surface area contributed by atoms with E-state index in [-0.39, 0.29) is 35.1 Å². The lowest BCUT2D eigenvalue weighted by Crippen LogP contribution is -2.18. The number of hydrogen-bond donors (Lipinski definition) is 1. The fourth-order valence-corrected chi connectivity index (χ4v) is 2.56. The standard InChI is InChI=1S/C18H26O3/c1-12(14(3)19)6-5-7-18(13(2)15(4)20)16-8-10-17(21)11-9-16/h8-13,18,21H,5-7H2,1-4H3/t12-,13+,18?/m0/s1. The fraction of sp³-hybridized carbons (Fsp3) is 0.556. The van der Waals surface area contributed by atoms with Crippen LogP contribution in [-0.2, 0) is 9.59 Å². The van der Waals surface area contributed by atoms with Crippen LogP contribution in [-0.4, -0.2) is 16.7 Å². The quantitative estimate of drug-likeness (QED) is 0.784. The molecule has 0 bridgehead atoms. The Morgan fingerprint density at radius 2 is 1.57 bits per heavy atom. The summed E-state index contributed by atoms with van der Waals surface area (Å²) in [5.74, 6) is 0.796. The lowest BCUT2D eigenvalue weighted by atomic mass is 9.81. The number of carbonyl (C=O) groups is 2. The summed E-state index contributed by atoms with van der Waals surface area (Å²) >= 11 is 0. The second-order valence-electron chi connectivity index (χ2n) is 6.04. The van der Waals surface area contributed by atoms with Crippen LogP contribution in [0.15, 0.2) is 24.3 Å². The van der Waals surface area contributed by atoms with E-state index in [0.29, 0.717) is 0 Å². The van der Waals surface area contributed by atoms with Crippen LogP contribution in [0.5, 0.6) is 5.75 Å². The first-order valence-electron chi connectivity index (χ1n) is 7.62. The van der Waals surface area contributed by atoms with E-state index in [2.05, 4.69) is 0 Å². The lowest BCUT2D eigenvalue weighted by Gasteiger charge is -2.23. The highest BCUT2D eigenvalue weighted by atomic mass is 16.3. The molecule has 21 heavy (non-hydrogen) atoms.